The smallest absolute Gasteiger partial charge is 0.322 e. The lowest BCUT2D eigenvalue weighted by Crippen LogP contribution is -2.61. The molecule has 0 aliphatic carbocycles. The van der Waals surface area contributed by atoms with Crippen molar-refractivity contribution >= 4 is 65.0 Å². The van der Waals surface area contributed by atoms with Crippen LogP contribution in [0, 0.1) is 5.92 Å². The Balaban J connectivity index is 3.15. The summed E-state index contributed by atoms with van der Waals surface area (Å²) in [4.78, 5) is 137. The maximum absolute atomic E-state index is 13.6. The fraction of sp³-hybridized carbons (Fsp3) is 0.667. The lowest BCUT2D eigenvalue weighted by Gasteiger charge is -2.31. The van der Waals surface area contributed by atoms with E-state index in [1.165, 1.54) is 13.8 Å². The summed E-state index contributed by atoms with van der Waals surface area (Å²) in [6.45, 7) is 4.02. The van der Waals surface area contributed by atoms with E-state index in [-0.39, 0.29) is 25.8 Å². The first-order valence-electron chi connectivity index (χ1n) is 17.6. The van der Waals surface area contributed by atoms with Gasteiger partial charge in [0.05, 0.1) is 12.6 Å². The molecular formula is C33H51N7O15. The van der Waals surface area contributed by atoms with Crippen molar-refractivity contribution in [1.29, 1.82) is 0 Å². The van der Waals surface area contributed by atoms with E-state index in [0.717, 1.165) is 11.8 Å². The summed E-state index contributed by atoms with van der Waals surface area (Å²) in [6, 6.07) is -8.55. The van der Waals surface area contributed by atoms with Gasteiger partial charge in [-0.05, 0) is 38.0 Å². The van der Waals surface area contributed by atoms with Gasteiger partial charge in [-0.1, -0.05) is 27.2 Å². The molecule has 0 bridgehead atoms. The number of carbonyl (C=O) groups is 11. The summed E-state index contributed by atoms with van der Waals surface area (Å²) in [7, 11) is 0. The van der Waals surface area contributed by atoms with E-state index >= 15 is 0 Å². The molecule has 0 spiro atoms. The molecule has 1 heterocycles. The zero-order chi connectivity index (χ0) is 42.0. The van der Waals surface area contributed by atoms with Crippen LogP contribution in [0.25, 0.3) is 0 Å². The van der Waals surface area contributed by atoms with Crippen LogP contribution >= 0.6 is 0 Å². The van der Waals surface area contributed by atoms with Crippen LogP contribution < -0.4 is 31.9 Å². The van der Waals surface area contributed by atoms with Gasteiger partial charge in [0.2, 0.25) is 41.2 Å². The van der Waals surface area contributed by atoms with Gasteiger partial charge in [0, 0.05) is 26.3 Å². The van der Waals surface area contributed by atoms with E-state index in [2.05, 4.69) is 26.6 Å². The van der Waals surface area contributed by atoms with Crippen molar-refractivity contribution < 1.29 is 73.2 Å². The number of likely N-dealkylation sites (tertiary alicyclic amines) is 1. The summed E-state index contributed by atoms with van der Waals surface area (Å²) in [6.07, 6.45) is -1.17. The third kappa shape index (κ3) is 16.1. The highest BCUT2D eigenvalue weighted by Crippen LogP contribution is 2.20. The maximum atomic E-state index is 13.6. The molecule has 55 heavy (non-hydrogen) atoms. The van der Waals surface area contributed by atoms with Crippen molar-refractivity contribution in [3.8, 4) is 0 Å². The molecule has 1 fully saturated rings. The van der Waals surface area contributed by atoms with Crippen LogP contribution in [-0.4, -0.2) is 146 Å². The van der Waals surface area contributed by atoms with Gasteiger partial charge in [-0.3, -0.25) is 52.7 Å². The molecule has 1 saturated heterocycles. The summed E-state index contributed by atoms with van der Waals surface area (Å²) >= 11 is 0. The first-order chi connectivity index (χ1) is 25.7. The minimum atomic E-state index is -1.64. The Morgan fingerprint density at radius 1 is 0.691 bits per heavy atom. The van der Waals surface area contributed by atoms with Gasteiger partial charge in [0.25, 0.3) is 5.91 Å². The largest absolute Gasteiger partial charge is 0.481 e. The molecule has 22 nitrogen and oxygen atoms in total. The summed E-state index contributed by atoms with van der Waals surface area (Å²) in [5, 5.41) is 50.8. The molecular weight excluding hydrogens is 734 g/mol. The van der Waals surface area contributed by atoms with Crippen LogP contribution in [-0.2, 0) is 52.7 Å². The van der Waals surface area contributed by atoms with E-state index in [9.17, 15) is 63.0 Å². The van der Waals surface area contributed by atoms with Crippen molar-refractivity contribution in [1.82, 2.24) is 36.8 Å². The van der Waals surface area contributed by atoms with Crippen LogP contribution in [0.2, 0.25) is 0 Å². The van der Waals surface area contributed by atoms with Crippen LogP contribution in [0.3, 0.4) is 0 Å². The highest BCUT2D eigenvalue weighted by molar-refractivity contribution is 6.38. The van der Waals surface area contributed by atoms with Crippen molar-refractivity contribution in [2.75, 3.05) is 19.7 Å². The monoisotopic (exact) mass is 785 g/mol. The second kappa shape index (κ2) is 23.2. The Morgan fingerprint density at radius 3 is 1.73 bits per heavy atom. The van der Waals surface area contributed by atoms with E-state index in [0.29, 0.717) is 12.8 Å². The predicted octanol–water partition coefficient (Wildman–Crippen LogP) is -3.63. The summed E-state index contributed by atoms with van der Waals surface area (Å²) in [5.41, 5.74) is 0. The second-order valence-electron chi connectivity index (χ2n) is 13.1. The number of hydrogen-bond acceptors (Lipinski definition) is 12. The number of nitrogens with zero attached hydrogens (tertiary/aromatic N) is 1. The van der Waals surface area contributed by atoms with Gasteiger partial charge in [-0.2, -0.15) is 0 Å². The maximum Gasteiger partial charge on any atom is 0.322 e. The highest BCUT2D eigenvalue weighted by Gasteiger charge is 2.40. The van der Waals surface area contributed by atoms with E-state index in [4.69, 9.17) is 10.2 Å². The first-order valence-corrected chi connectivity index (χ1v) is 17.6. The highest BCUT2D eigenvalue weighted by atomic mass is 16.4. The molecule has 0 aromatic rings. The average molecular weight is 786 g/mol. The molecule has 1 aliphatic rings. The minimum Gasteiger partial charge on any atom is -0.481 e. The number of aliphatic hydroxyl groups excluding tert-OH is 1. The number of aliphatic hydroxyl groups is 1. The van der Waals surface area contributed by atoms with Crippen molar-refractivity contribution in [2.45, 2.75) is 115 Å². The Morgan fingerprint density at radius 2 is 1.24 bits per heavy atom. The lowest BCUT2D eigenvalue weighted by molar-refractivity contribution is -0.145. The Labute approximate surface area is 315 Å². The fourth-order valence-electron chi connectivity index (χ4n) is 5.56. The first kappa shape index (κ1) is 47.4. The van der Waals surface area contributed by atoms with Gasteiger partial charge in [-0.25, -0.2) is 0 Å². The third-order valence-electron chi connectivity index (χ3n) is 8.34. The van der Waals surface area contributed by atoms with Gasteiger partial charge in [0.15, 0.2) is 0 Å². The molecule has 1 aliphatic heterocycles. The van der Waals surface area contributed by atoms with E-state index < -0.39 is 140 Å². The quantitative estimate of drug-likeness (QED) is 0.0422. The number of amides is 7. The van der Waals surface area contributed by atoms with Crippen LogP contribution in [0.15, 0.2) is 0 Å². The molecule has 0 aromatic heterocycles. The zero-order valence-corrected chi connectivity index (χ0v) is 31.0. The van der Waals surface area contributed by atoms with Crippen LogP contribution in [0.5, 0.6) is 0 Å². The number of carboxylic acids is 3. The van der Waals surface area contributed by atoms with Gasteiger partial charge >= 0.3 is 17.9 Å². The Kier molecular flexibility index (Phi) is 20.0. The van der Waals surface area contributed by atoms with Crippen molar-refractivity contribution in [3.63, 3.8) is 0 Å². The summed E-state index contributed by atoms with van der Waals surface area (Å²) < 4.78 is 0. The standard InChI is InChI=1S/C33H51N7O15/c1-5-7-18(27(49)32(54)34-14-25(47)48)36-30(52)22-8-6-13-40(22)33(55)21(15-41)38-31(53)26(16(2)3)39-29(51)20(10-12-24(45)46)37-28(50)19(35-17(4)42)9-11-23(43)44/h16,18-22,26,41H,5-15H2,1-4H3,(H,34,54)(H,35,42)(H,36,52)(H,37,50)(H,38,53)(H,39,51)(H,43,44)(H,45,46)(H,47,48). The SMILES string of the molecule is CCCC(NC(=O)C1CCCN1C(=O)C(CO)NC(=O)C(NC(=O)C(CCC(=O)O)NC(=O)C(CCC(=O)O)NC(C)=O)C(C)C)C(=O)C(=O)NCC(=O)O. The number of carboxylic acid groups (broad SMARTS) is 3. The number of aliphatic carboxylic acids is 3. The number of nitrogens with one attached hydrogen (secondary N) is 6. The summed E-state index contributed by atoms with van der Waals surface area (Å²) in [5.74, 6) is -12.4. The lowest BCUT2D eigenvalue weighted by atomic mass is 10.0. The van der Waals surface area contributed by atoms with Crippen LogP contribution in [0.4, 0.5) is 0 Å². The molecule has 0 aromatic carbocycles. The number of hydrogen-bond donors (Lipinski definition) is 10. The topological polar surface area (TPSA) is 344 Å². The molecule has 0 saturated carbocycles. The number of Topliss-reactive ketones (excluding diaryl/α,β-unsaturated/α-hetero) is 1. The fourth-order valence-corrected chi connectivity index (χ4v) is 5.56. The molecule has 6 unspecified atom stereocenters. The molecule has 10 N–H and O–H groups in total. The van der Waals surface area contributed by atoms with Crippen molar-refractivity contribution in [3.05, 3.63) is 0 Å². The zero-order valence-electron chi connectivity index (χ0n) is 31.0. The molecule has 1 rings (SSSR count). The van der Waals surface area contributed by atoms with Gasteiger partial charge < -0.3 is 57.2 Å². The molecule has 6 atom stereocenters. The van der Waals surface area contributed by atoms with E-state index in [1.807, 2.05) is 5.32 Å². The molecule has 7 amide bonds. The number of rotatable bonds is 24. The second-order valence-corrected chi connectivity index (χ2v) is 13.1. The van der Waals surface area contributed by atoms with E-state index in [1.54, 1.807) is 6.92 Å². The third-order valence-corrected chi connectivity index (χ3v) is 8.34. The average Bonchev–Trinajstić information content (AvgIpc) is 3.60. The van der Waals surface area contributed by atoms with Gasteiger partial charge in [0.1, 0.15) is 36.8 Å². The normalized spacial score (nSPS) is 16.3. The van der Waals surface area contributed by atoms with Gasteiger partial charge in [-0.15, -0.1) is 0 Å². The van der Waals surface area contributed by atoms with Crippen molar-refractivity contribution in [2.24, 2.45) is 5.92 Å². The Bertz CT molecular complexity index is 1470. The van der Waals surface area contributed by atoms with Crippen LogP contribution in [0.1, 0.15) is 79.1 Å². The number of carbonyl (C=O) groups excluding carboxylic acids is 8. The number of ketones is 1. The molecule has 22 heteroatoms. The minimum absolute atomic E-state index is 0.00994. The molecule has 0 radical (unpaired) electrons. The predicted molar refractivity (Wildman–Crippen MR) is 186 cm³/mol. The molecule has 308 valence electrons. The Hall–Kier alpha value is -5.67.